The van der Waals surface area contributed by atoms with Gasteiger partial charge in [0, 0.05) is 0 Å². The summed E-state index contributed by atoms with van der Waals surface area (Å²) in [5.74, 6) is 0.302. The normalized spacial score (nSPS) is 16.8. The molecule has 0 aliphatic heterocycles. The molecule has 2 atom stereocenters. The molecular formula is C48H40O4. The quantitative estimate of drug-likeness (QED) is 0.0819. The van der Waals surface area contributed by atoms with E-state index in [4.69, 9.17) is 9.47 Å². The number of carbonyl (C=O) groups excluding carboxylic acids is 2. The zero-order valence-corrected chi connectivity index (χ0v) is 29.1. The zero-order valence-electron chi connectivity index (χ0n) is 29.1. The Morgan fingerprint density at radius 2 is 0.846 bits per heavy atom. The fourth-order valence-corrected chi connectivity index (χ4v) is 8.72. The topological polar surface area (TPSA) is 52.6 Å². The minimum Gasteiger partial charge on any atom is -0.461 e. The minimum absolute atomic E-state index is 0.219. The molecule has 0 N–H and O–H groups in total. The Bertz CT molecular complexity index is 2430. The van der Waals surface area contributed by atoms with E-state index < -0.39 is 0 Å². The van der Waals surface area contributed by atoms with Crippen LogP contribution in [0.4, 0.5) is 0 Å². The summed E-state index contributed by atoms with van der Waals surface area (Å²) in [4.78, 5) is 25.9. The molecule has 0 aromatic heterocycles. The molecule has 256 valence electrons. The fourth-order valence-electron chi connectivity index (χ4n) is 8.72. The van der Waals surface area contributed by atoms with Gasteiger partial charge in [-0.3, -0.25) is 9.59 Å². The molecule has 4 heteroatoms. The lowest BCUT2D eigenvalue weighted by Crippen LogP contribution is -2.16. The van der Waals surface area contributed by atoms with Crippen molar-refractivity contribution in [3.63, 3.8) is 0 Å². The molecule has 1 aliphatic carbocycles. The van der Waals surface area contributed by atoms with Crippen LogP contribution in [0.25, 0.3) is 64.6 Å². The predicted octanol–water partition coefficient (Wildman–Crippen LogP) is 11.3. The van der Waals surface area contributed by atoms with Crippen molar-refractivity contribution in [2.45, 2.75) is 38.5 Å². The summed E-state index contributed by atoms with van der Waals surface area (Å²) < 4.78 is 11.4. The third-order valence-corrected chi connectivity index (χ3v) is 11.2. The Hall–Kier alpha value is -5.74. The van der Waals surface area contributed by atoms with E-state index in [-0.39, 0.29) is 38.0 Å². The third-order valence-electron chi connectivity index (χ3n) is 11.2. The van der Waals surface area contributed by atoms with Gasteiger partial charge in [0.05, 0.1) is 12.8 Å². The van der Waals surface area contributed by atoms with Crippen LogP contribution >= 0.6 is 0 Å². The van der Waals surface area contributed by atoms with Gasteiger partial charge >= 0.3 is 11.9 Å². The highest BCUT2D eigenvalue weighted by Gasteiger charge is 2.21. The molecule has 0 heterocycles. The van der Waals surface area contributed by atoms with Gasteiger partial charge in [-0.1, -0.05) is 146 Å². The van der Waals surface area contributed by atoms with E-state index in [2.05, 4.69) is 121 Å². The van der Waals surface area contributed by atoms with Gasteiger partial charge in [0.1, 0.15) is 13.2 Å². The van der Waals surface area contributed by atoms with Crippen LogP contribution in [0.5, 0.6) is 0 Å². The van der Waals surface area contributed by atoms with E-state index in [1.165, 1.54) is 66.7 Å². The zero-order chi connectivity index (χ0) is 35.0. The van der Waals surface area contributed by atoms with Crippen LogP contribution in [0.2, 0.25) is 0 Å². The van der Waals surface area contributed by atoms with Crippen molar-refractivity contribution < 1.29 is 19.1 Å². The van der Waals surface area contributed by atoms with Crippen molar-refractivity contribution in [1.29, 1.82) is 0 Å². The Kier molecular flexibility index (Phi) is 8.52. The maximum atomic E-state index is 13.0. The van der Waals surface area contributed by atoms with E-state index in [0.29, 0.717) is 11.8 Å². The van der Waals surface area contributed by atoms with Crippen LogP contribution in [-0.4, -0.2) is 25.2 Å². The van der Waals surface area contributed by atoms with Crippen LogP contribution in [0.1, 0.15) is 36.8 Å². The van der Waals surface area contributed by atoms with Gasteiger partial charge in [0.15, 0.2) is 0 Å². The first-order valence-electron chi connectivity index (χ1n) is 18.6. The van der Waals surface area contributed by atoms with Crippen molar-refractivity contribution in [2.75, 3.05) is 13.2 Å². The summed E-state index contributed by atoms with van der Waals surface area (Å²) in [6.07, 6.45) is 13.4. The average molecular weight is 681 g/mol. The predicted molar refractivity (Wildman–Crippen MR) is 213 cm³/mol. The summed E-state index contributed by atoms with van der Waals surface area (Å²) in [6, 6.07) is 38.3. The molecular weight excluding hydrogens is 641 g/mol. The first-order chi connectivity index (χ1) is 25.6. The highest BCUT2D eigenvalue weighted by molar-refractivity contribution is 6.24. The molecule has 8 aromatic rings. The van der Waals surface area contributed by atoms with Gasteiger partial charge in [0.2, 0.25) is 0 Å². The number of rotatable bonds is 10. The van der Waals surface area contributed by atoms with E-state index in [0.717, 1.165) is 34.7 Å². The van der Waals surface area contributed by atoms with E-state index >= 15 is 0 Å². The lowest BCUT2D eigenvalue weighted by molar-refractivity contribution is -0.142. The standard InChI is InChI=1S/C48H40O4/c49-43(29-39-21-19-37-17-15-33-9-3-11-35-23-25-41(39)47(37)45(33)35)51-27-5-13-31-7-1-2-8-32(31)14-6-28-52-44(50)30-40-22-20-38-18-16-34-10-4-12-36-24-26-42(40)48(38)46(34)36/h3-6,9-26,31-32H,1-2,7-8,27-30H2/b13-5+,14-6+. The summed E-state index contributed by atoms with van der Waals surface area (Å²) in [6.45, 7) is 0.524. The molecule has 0 bridgehead atoms. The number of carbonyl (C=O) groups is 2. The number of hydrogen-bond donors (Lipinski definition) is 0. The molecule has 0 amide bonds. The third kappa shape index (κ3) is 6.02. The smallest absolute Gasteiger partial charge is 0.310 e. The summed E-state index contributed by atoms with van der Waals surface area (Å²) >= 11 is 0. The van der Waals surface area contributed by atoms with Gasteiger partial charge < -0.3 is 9.47 Å². The number of benzene rings is 8. The molecule has 1 aliphatic rings. The van der Waals surface area contributed by atoms with E-state index in [9.17, 15) is 9.59 Å². The fraction of sp³-hybridized carbons (Fsp3) is 0.208. The van der Waals surface area contributed by atoms with Gasteiger partial charge in [-0.25, -0.2) is 0 Å². The highest BCUT2D eigenvalue weighted by Crippen LogP contribution is 2.38. The van der Waals surface area contributed by atoms with Crippen LogP contribution in [-0.2, 0) is 31.9 Å². The van der Waals surface area contributed by atoms with Crippen molar-refractivity contribution in [3.8, 4) is 0 Å². The maximum absolute atomic E-state index is 13.0. The Morgan fingerprint density at radius 3 is 1.27 bits per heavy atom. The first kappa shape index (κ1) is 32.2. The summed E-state index contributed by atoms with van der Waals surface area (Å²) in [5.41, 5.74) is 1.99. The van der Waals surface area contributed by atoms with Crippen LogP contribution in [0.15, 0.2) is 133 Å². The SMILES string of the molecule is O=C(Cc1ccc2ccc3cccc4ccc1c2c34)OC/C=C/C1CCCCC1/C=C/COC(=O)Cc1ccc2ccc3cccc4ccc1c2c34. The van der Waals surface area contributed by atoms with Gasteiger partial charge in [-0.05, 0) is 100 Å². The Labute approximate surface area is 303 Å². The maximum Gasteiger partial charge on any atom is 0.310 e. The number of hydrogen-bond acceptors (Lipinski definition) is 4. The lowest BCUT2D eigenvalue weighted by Gasteiger charge is -2.27. The van der Waals surface area contributed by atoms with Gasteiger partial charge in [-0.2, -0.15) is 0 Å². The minimum atomic E-state index is -0.219. The number of ether oxygens (including phenoxy) is 2. The van der Waals surface area contributed by atoms with Crippen LogP contribution < -0.4 is 0 Å². The molecule has 0 spiro atoms. The second kappa shape index (κ2) is 13.8. The van der Waals surface area contributed by atoms with Crippen molar-refractivity contribution in [1.82, 2.24) is 0 Å². The second-order valence-electron chi connectivity index (χ2n) is 14.3. The second-order valence-corrected chi connectivity index (χ2v) is 14.3. The molecule has 0 radical (unpaired) electrons. The monoisotopic (exact) mass is 680 g/mol. The van der Waals surface area contributed by atoms with Crippen molar-refractivity contribution >= 4 is 76.6 Å². The van der Waals surface area contributed by atoms with Crippen LogP contribution in [0.3, 0.4) is 0 Å². The Balaban J connectivity index is 0.791. The Morgan fingerprint density at radius 1 is 0.481 bits per heavy atom. The highest BCUT2D eigenvalue weighted by atomic mass is 16.5. The molecule has 2 unspecified atom stereocenters. The largest absolute Gasteiger partial charge is 0.461 e. The molecule has 9 rings (SSSR count). The van der Waals surface area contributed by atoms with Gasteiger partial charge in [-0.15, -0.1) is 0 Å². The number of allylic oxidation sites excluding steroid dienone is 2. The first-order valence-corrected chi connectivity index (χ1v) is 18.6. The summed E-state index contributed by atoms with van der Waals surface area (Å²) in [7, 11) is 0. The molecule has 0 saturated heterocycles. The molecule has 52 heavy (non-hydrogen) atoms. The molecule has 4 nitrogen and oxygen atoms in total. The van der Waals surface area contributed by atoms with Gasteiger partial charge in [0.25, 0.3) is 0 Å². The number of esters is 2. The van der Waals surface area contributed by atoms with Crippen molar-refractivity contribution in [2.24, 2.45) is 11.8 Å². The molecule has 1 fully saturated rings. The molecule has 1 saturated carbocycles. The van der Waals surface area contributed by atoms with E-state index in [1.807, 2.05) is 12.2 Å². The molecule has 8 aromatic carbocycles. The van der Waals surface area contributed by atoms with Crippen LogP contribution in [0, 0.1) is 11.8 Å². The lowest BCUT2D eigenvalue weighted by atomic mass is 9.79. The van der Waals surface area contributed by atoms with Crippen molar-refractivity contribution in [3.05, 3.63) is 145 Å². The average Bonchev–Trinajstić information content (AvgIpc) is 3.18. The van der Waals surface area contributed by atoms with E-state index in [1.54, 1.807) is 0 Å². The summed E-state index contributed by atoms with van der Waals surface area (Å²) in [5, 5.41) is 14.4.